The van der Waals surface area contributed by atoms with E-state index in [-0.39, 0.29) is 32.1 Å². The van der Waals surface area contributed by atoms with Gasteiger partial charge in [0.2, 0.25) is 5.91 Å². The molecule has 1 atom stereocenters. The highest BCUT2D eigenvalue weighted by molar-refractivity contribution is 7.86. The van der Waals surface area contributed by atoms with Crippen LogP contribution < -0.4 is 4.31 Å². The number of rotatable bonds is 10. The summed E-state index contributed by atoms with van der Waals surface area (Å²) in [6.07, 6.45) is 3.39. The third-order valence-electron chi connectivity index (χ3n) is 5.90. The normalized spacial score (nSPS) is 11.5. The SMILES string of the molecule is CC.CC(C)c1ccc(S(=O)N(CC(=O)N(CCO)Cc2ccccn2)c2ccc3ncccc3c2)cc1. The maximum absolute atomic E-state index is 13.8. The van der Waals surface area contributed by atoms with E-state index in [4.69, 9.17) is 0 Å². The molecule has 1 amide bonds. The van der Waals surface area contributed by atoms with Gasteiger partial charge in [-0.05, 0) is 60.0 Å². The first-order valence-electron chi connectivity index (χ1n) is 12.9. The number of carbonyl (C=O) groups is 1. The van der Waals surface area contributed by atoms with Crippen LogP contribution in [0.1, 0.15) is 44.9 Å². The molecule has 7 nitrogen and oxygen atoms in total. The fourth-order valence-electron chi connectivity index (χ4n) is 3.88. The van der Waals surface area contributed by atoms with E-state index in [1.165, 1.54) is 4.90 Å². The maximum Gasteiger partial charge on any atom is 0.243 e. The summed E-state index contributed by atoms with van der Waals surface area (Å²) in [5.41, 5.74) is 3.33. The average molecular weight is 533 g/mol. The zero-order valence-electron chi connectivity index (χ0n) is 22.4. The van der Waals surface area contributed by atoms with Crippen molar-refractivity contribution >= 4 is 33.5 Å². The van der Waals surface area contributed by atoms with E-state index in [9.17, 15) is 14.1 Å². The van der Waals surface area contributed by atoms with Crippen LogP contribution >= 0.6 is 0 Å². The van der Waals surface area contributed by atoms with Gasteiger partial charge in [-0.15, -0.1) is 0 Å². The lowest BCUT2D eigenvalue weighted by molar-refractivity contribution is -0.130. The molecule has 1 N–H and O–H groups in total. The highest BCUT2D eigenvalue weighted by Gasteiger charge is 2.24. The molecule has 2 aromatic heterocycles. The minimum atomic E-state index is -1.64. The van der Waals surface area contributed by atoms with E-state index >= 15 is 0 Å². The van der Waals surface area contributed by atoms with Crippen LogP contribution in [0.25, 0.3) is 10.9 Å². The molecule has 38 heavy (non-hydrogen) atoms. The quantitative estimate of drug-likeness (QED) is 0.298. The number of aliphatic hydroxyl groups is 1. The lowest BCUT2D eigenvalue weighted by atomic mass is 10.0. The van der Waals surface area contributed by atoms with Crippen molar-refractivity contribution in [2.75, 3.05) is 24.0 Å². The summed E-state index contributed by atoms with van der Waals surface area (Å²) in [6.45, 7) is 8.32. The molecule has 8 heteroatoms. The number of anilines is 1. The molecule has 0 saturated carbocycles. The molecule has 0 radical (unpaired) electrons. The number of nitrogens with zero attached hydrogens (tertiary/aromatic N) is 4. The molecule has 0 aliphatic carbocycles. The smallest absolute Gasteiger partial charge is 0.243 e. The Morgan fingerprint density at radius 3 is 2.34 bits per heavy atom. The lowest BCUT2D eigenvalue weighted by Gasteiger charge is -2.28. The van der Waals surface area contributed by atoms with Crippen LogP contribution in [0, 0.1) is 0 Å². The minimum absolute atomic E-state index is 0.128. The summed E-state index contributed by atoms with van der Waals surface area (Å²) >= 11 is 0. The van der Waals surface area contributed by atoms with Crippen molar-refractivity contribution in [3.05, 3.63) is 96.4 Å². The third-order valence-corrected chi connectivity index (χ3v) is 7.32. The van der Waals surface area contributed by atoms with Gasteiger partial charge in [0.1, 0.15) is 6.54 Å². The number of hydrogen-bond donors (Lipinski definition) is 1. The highest BCUT2D eigenvalue weighted by Crippen LogP contribution is 2.26. The van der Waals surface area contributed by atoms with Gasteiger partial charge in [-0.3, -0.25) is 19.1 Å². The molecule has 0 aliphatic heterocycles. The topological polar surface area (TPSA) is 86.6 Å². The summed E-state index contributed by atoms with van der Waals surface area (Å²) in [7, 11) is -1.64. The number of benzene rings is 2. The molecule has 1 unspecified atom stereocenters. The molecule has 2 heterocycles. The fraction of sp³-hybridized carbons (Fsp3) is 0.300. The van der Waals surface area contributed by atoms with Crippen LogP contribution in [-0.2, 0) is 22.3 Å². The molecule has 0 spiro atoms. The number of aliphatic hydroxyl groups excluding tert-OH is 1. The second kappa shape index (κ2) is 14.4. The van der Waals surface area contributed by atoms with Crippen molar-refractivity contribution in [2.24, 2.45) is 0 Å². The Morgan fingerprint density at radius 1 is 0.947 bits per heavy atom. The Morgan fingerprint density at radius 2 is 1.68 bits per heavy atom. The molecule has 2 aromatic carbocycles. The van der Waals surface area contributed by atoms with Crippen molar-refractivity contribution in [2.45, 2.75) is 45.1 Å². The number of hydrogen-bond acceptors (Lipinski definition) is 5. The zero-order valence-corrected chi connectivity index (χ0v) is 23.3. The Bertz CT molecular complexity index is 1330. The third kappa shape index (κ3) is 7.46. The Kier molecular flexibility index (Phi) is 10.9. The molecule has 0 bridgehead atoms. The first kappa shape index (κ1) is 28.9. The largest absolute Gasteiger partial charge is 0.395 e. The number of fused-ring (bicyclic) bond motifs is 1. The first-order valence-corrected chi connectivity index (χ1v) is 14.0. The number of pyridine rings is 2. The lowest BCUT2D eigenvalue weighted by Crippen LogP contribution is -2.42. The van der Waals surface area contributed by atoms with Crippen molar-refractivity contribution in [1.82, 2.24) is 14.9 Å². The van der Waals surface area contributed by atoms with Gasteiger partial charge in [0.25, 0.3) is 0 Å². The summed E-state index contributed by atoms with van der Waals surface area (Å²) in [4.78, 5) is 24.3. The van der Waals surface area contributed by atoms with E-state index in [1.807, 2.05) is 86.6 Å². The fourth-order valence-corrected chi connectivity index (χ4v) is 5.04. The van der Waals surface area contributed by atoms with Crippen molar-refractivity contribution in [3.8, 4) is 0 Å². The molecular formula is C30H36N4O3S. The first-order chi connectivity index (χ1) is 18.5. The molecule has 0 aliphatic rings. The van der Waals surface area contributed by atoms with Gasteiger partial charge in [0, 0.05) is 24.3 Å². The van der Waals surface area contributed by atoms with Gasteiger partial charge < -0.3 is 10.0 Å². The van der Waals surface area contributed by atoms with Gasteiger partial charge in [0.15, 0.2) is 11.0 Å². The van der Waals surface area contributed by atoms with Gasteiger partial charge in [-0.25, -0.2) is 4.21 Å². The van der Waals surface area contributed by atoms with E-state index in [0.29, 0.717) is 22.2 Å². The van der Waals surface area contributed by atoms with Crippen LogP contribution in [0.4, 0.5) is 5.69 Å². The summed E-state index contributed by atoms with van der Waals surface area (Å²) in [5, 5.41) is 10.5. The van der Waals surface area contributed by atoms with Gasteiger partial charge in [0.05, 0.1) is 34.9 Å². The molecule has 200 valence electrons. The molecule has 4 rings (SSSR count). The van der Waals surface area contributed by atoms with Crippen molar-refractivity contribution in [3.63, 3.8) is 0 Å². The molecular weight excluding hydrogens is 496 g/mol. The summed E-state index contributed by atoms with van der Waals surface area (Å²) in [5.74, 6) is 0.102. The second-order valence-electron chi connectivity index (χ2n) is 8.75. The Balaban J connectivity index is 0.00000195. The number of carbonyl (C=O) groups excluding carboxylic acids is 1. The molecule has 0 fully saturated rings. The Hall–Kier alpha value is -3.62. The second-order valence-corrected chi connectivity index (χ2v) is 10.2. The van der Waals surface area contributed by atoms with Gasteiger partial charge in [-0.1, -0.05) is 52.0 Å². The molecule has 0 saturated heterocycles. The van der Waals surface area contributed by atoms with Gasteiger partial charge >= 0.3 is 0 Å². The van der Waals surface area contributed by atoms with E-state index in [2.05, 4.69) is 23.8 Å². The summed E-state index contributed by atoms with van der Waals surface area (Å²) < 4.78 is 15.4. The average Bonchev–Trinajstić information content (AvgIpc) is 2.96. The van der Waals surface area contributed by atoms with Crippen molar-refractivity contribution < 1.29 is 14.1 Å². The minimum Gasteiger partial charge on any atom is -0.395 e. The summed E-state index contributed by atoms with van der Waals surface area (Å²) in [6, 6.07) is 22.5. The predicted molar refractivity (Wildman–Crippen MR) is 154 cm³/mol. The zero-order chi connectivity index (χ0) is 27.5. The molecule has 4 aromatic rings. The number of amides is 1. The van der Waals surface area contributed by atoms with Crippen LogP contribution in [0.3, 0.4) is 0 Å². The monoisotopic (exact) mass is 532 g/mol. The van der Waals surface area contributed by atoms with Crippen molar-refractivity contribution in [1.29, 1.82) is 0 Å². The van der Waals surface area contributed by atoms with Crippen LogP contribution in [0.5, 0.6) is 0 Å². The van der Waals surface area contributed by atoms with E-state index in [0.717, 1.165) is 16.5 Å². The van der Waals surface area contributed by atoms with E-state index in [1.54, 1.807) is 16.7 Å². The van der Waals surface area contributed by atoms with Gasteiger partial charge in [-0.2, -0.15) is 0 Å². The Labute approximate surface area is 227 Å². The van der Waals surface area contributed by atoms with E-state index < -0.39 is 11.0 Å². The van der Waals surface area contributed by atoms with Crippen LogP contribution in [-0.4, -0.2) is 49.8 Å². The number of aromatic nitrogens is 2. The highest BCUT2D eigenvalue weighted by atomic mass is 32.2. The van der Waals surface area contributed by atoms with Crippen LogP contribution in [0.2, 0.25) is 0 Å². The standard InChI is InChI=1S/C28H30N4O3S.C2H6/c1-21(2)22-8-11-26(12-9-22)36(35)32(25-10-13-27-23(18-25)6-5-15-30-27)20-28(34)31(16-17-33)19-24-7-3-4-14-29-24;1-2/h3-15,18,21,33H,16-17,19-20H2,1-2H3;1-2H3. The maximum atomic E-state index is 13.8. The van der Waals surface area contributed by atoms with Crippen LogP contribution in [0.15, 0.2) is 90.1 Å². The predicted octanol–water partition coefficient (Wildman–Crippen LogP) is 5.33.